The summed E-state index contributed by atoms with van der Waals surface area (Å²) in [6.45, 7) is 7.68. The maximum atomic E-state index is 13.7. The highest BCUT2D eigenvalue weighted by Gasteiger charge is 2.32. The molecule has 0 radical (unpaired) electrons. The number of nitrogens with zero attached hydrogens (tertiary/aromatic N) is 1. The van der Waals surface area contributed by atoms with Gasteiger partial charge >= 0.3 is 6.09 Å². The molecule has 0 aliphatic heterocycles. The predicted octanol–water partition coefficient (Wildman–Crippen LogP) is 4.51. The highest BCUT2D eigenvalue weighted by atomic mass is 35.5. The molecule has 0 bridgehead atoms. The van der Waals surface area contributed by atoms with Crippen LogP contribution in [0, 0.1) is 11.8 Å². The number of sulfonamides is 1. The van der Waals surface area contributed by atoms with E-state index >= 15 is 0 Å². The van der Waals surface area contributed by atoms with Gasteiger partial charge in [0.15, 0.2) is 0 Å². The van der Waals surface area contributed by atoms with Crippen LogP contribution in [0.4, 0.5) is 4.79 Å². The van der Waals surface area contributed by atoms with Gasteiger partial charge in [-0.25, -0.2) is 13.2 Å². The number of aliphatic hydroxyl groups excluding tert-OH is 2. The molecule has 12 heteroatoms. The molecule has 2 rings (SSSR count). The Morgan fingerprint density at radius 3 is 2.16 bits per heavy atom. The summed E-state index contributed by atoms with van der Waals surface area (Å²) in [5.74, 6) is -0.0988. The molecule has 246 valence electrons. The van der Waals surface area contributed by atoms with Crippen molar-refractivity contribution in [3.63, 3.8) is 0 Å². The molecule has 0 fully saturated rings. The van der Waals surface area contributed by atoms with Crippen LogP contribution in [0.25, 0.3) is 0 Å². The molecule has 0 aromatic heterocycles. The van der Waals surface area contributed by atoms with Crippen LogP contribution in [0.15, 0.2) is 53.4 Å². The first-order valence-electron chi connectivity index (χ1n) is 15.0. The zero-order valence-corrected chi connectivity index (χ0v) is 27.9. The van der Waals surface area contributed by atoms with Crippen molar-refractivity contribution in [1.29, 1.82) is 0 Å². The van der Waals surface area contributed by atoms with Gasteiger partial charge in [0.1, 0.15) is 6.04 Å². The maximum Gasteiger partial charge on any atom is 0.407 e. The molecule has 10 nitrogen and oxygen atoms in total. The summed E-state index contributed by atoms with van der Waals surface area (Å²) in [6, 6.07) is 11.3. The average Bonchev–Trinajstić information content (AvgIpc) is 2.99. The third kappa shape index (κ3) is 11.3. The minimum atomic E-state index is -3.92. The van der Waals surface area contributed by atoms with E-state index < -0.39 is 28.2 Å². The van der Waals surface area contributed by atoms with Crippen LogP contribution in [0.3, 0.4) is 0 Å². The lowest BCUT2D eigenvalue weighted by Gasteiger charge is -2.31. The Balaban J connectivity index is 2.18. The minimum absolute atomic E-state index is 0.0384. The number of hydrogen-bond donors (Lipinski definition) is 4. The summed E-state index contributed by atoms with van der Waals surface area (Å²) >= 11 is 6.31. The van der Waals surface area contributed by atoms with E-state index in [1.165, 1.54) is 23.5 Å². The molecule has 0 aliphatic carbocycles. The highest BCUT2D eigenvalue weighted by Crippen LogP contribution is 2.24. The quantitative estimate of drug-likeness (QED) is 0.185. The van der Waals surface area contributed by atoms with Crippen molar-refractivity contribution in [2.75, 3.05) is 20.3 Å². The topological polar surface area (TPSA) is 145 Å². The predicted molar refractivity (Wildman–Crippen MR) is 172 cm³/mol. The number of carbonyl (C=O) groups excluding carboxylic acids is 2. The van der Waals surface area contributed by atoms with Crippen LogP contribution < -0.4 is 10.6 Å². The third-order valence-corrected chi connectivity index (χ3v) is 9.95. The van der Waals surface area contributed by atoms with Gasteiger partial charge in [-0.05, 0) is 66.8 Å². The zero-order valence-electron chi connectivity index (χ0n) is 26.3. The molecule has 2 aromatic carbocycles. The normalized spacial score (nSPS) is 14.0. The van der Waals surface area contributed by atoms with Gasteiger partial charge in [-0.2, -0.15) is 4.31 Å². The third-order valence-electron chi connectivity index (χ3n) is 7.62. The Bertz CT molecular complexity index is 1290. The lowest BCUT2D eigenvalue weighted by molar-refractivity contribution is -0.124. The fourth-order valence-electron chi connectivity index (χ4n) is 4.84. The fourth-order valence-corrected chi connectivity index (χ4v) is 6.71. The first kappa shape index (κ1) is 37.5. The number of ether oxygens (including phenoxy) is 1. The highest BCUT2D eigenvalue weighted by molar-refractivity contribution is 7.89. The number of rotatable bonds is 18. The van der Waals surface area contributed by atoms with Crippen LogP contribution in [-0.4, -0.2) is 73.3 Å². The minimum Gasteiger partial charge on any atom is -0.453 e. The summed E-state index contributed by atoms with van der Waals surface area (Å²) in [4.78, 5) is 25.5. The molecule has 2 amide bonds. The van der Waals surface area contributed by atoms with Gasteiger partial charge in [0.25, 0.3) is 0 Å². The first-order valence-corrected chi connectivity index (χ1v) is 16.9. The second-order valence-corrected chi connectivity index (χ2v) is 14.0. The van der Waals surface area contributed by atoms with Crippen molar-refractivity contribution < 1.29 is 33.0 Å². The molecule has 4 N–H and O–H groups in total. The van der Waals surface area contributed by atoms with E-state index in [4.69, 9.17) is 16.3 Å². The standard InChI is InChI=1S/C32H48ClN3O7S/c1-22(2)17-18-36(44(41,42)27-15-13-24(20-37)14-16-27)26(21-38)10-8-12-29(23(3)4)34-31(39)30(35-32(40)43-5)19-25-9-6-7-11-28(25)33/h6-7,9,11,13-16,22-23,26,29-30,37-38H,8,10,12,17-21H2,1-5H3,(H,34,39)(H,35,40)/t26-,29+,30-/m0/s1. The largest absolute Gasteiger partial charge is 0.453 e. The van der Waals surface area contributed by atoms with Crippen LogP contribution in [0.5, 0.6) is 0 Å². The van der Waals surface area contributed by atoms with Crippen molar-refractivity contribution in [2.24, 2.45) is 11.8 Å². The van der Waals surface area contributed by atoms with E-state index in [0.717, 1.165) is 0 Å². The lowest BCUT2D eigenvalue weighted by Crippen LogP contribution is -2.51. The van der Waals surface area contributed by atoms with Crippen molar-refractivity contribution in [3.8, 4) is 0 Å². The van der Waals surface area contributed by atoms with Crippen LogP contribution in [-0.2, 0) is 32.6 Å². The molecular weight excluding hydrogens is 606 g/mol. The number of nitrogens with one attached hydrogen (secondary N) is 2. The summed E-state index contributed by atoms with van der Waals surface area (Å²) in [7, 11) is -2.69. The van der Waals surface area contributed by atoms with Crippen molar-refractivity contribution in [2.45, 2.75) is 89.4 Å². The van der Waals surface area contributed by atoms with E-state index in [2.05, 4.69) is 10.6 Å². The zero-order chi connectivity index (χ0) is 32.9. The van der Waals surface area contributed by atoms with E-state index in [0.29, 0.717) is 41.8 Å². The van der Waals surface area contributed by atoms with E-state index in [1.54, 1.807) is 36.4 Å². The Morgan fingerprint density at radius 2 is 1.61 bits per heavy atom. The molecule has 3 atom stereocenters. The van der Waals surface area contributed by atoms with Gasteiger partial charge < -0.3 is 25.6 Å². The molecule has 0 aliphatic rings. The molecule has 0 heterocycles. The van der Waals surface area contributed by atoms with Gasteiger partial charge in [0.2, 0.25) is 15.9 Å². The maximum absolute atomic E-state index is 13.7. The van der Waals surface area contributed by atoms with Crippen LogP contribution in [0.2, 0.25) is 5.02 Å². The number of carbonyl (C=O) groups is 2. The number of methoxy groups -OCH3 is 1. The number of aliphatic hydroxyl groups is 2. The fraction of sp³-hybridized carbons (Fsp3) is 0.562. The van der Waals surface area contributed by atoms with Gasteiger partial charge in [0.05, 0.1) is 25.2 Å². The smallest absolute Gasteiger partial charge is 0.407 e. The van der Waals surface area contributed by atoms with E-state index in [9.17, 15) is 28.2 Å². The Labute approximate surface area is 267 Å². The second kappa shape index (κ2) is 18.3. The van der Waals surface area contributed by atoms with Gasteiger partial charge in [-0.15, -0.1) is 0 Å². The average molecular weight is 654 g/mol. The van der Waals surface area contributed by atoms with E-state index in [1.807, 2.05) is 27.7 Å². The molecule has 2 aromatic rings. The van der Waals surface area contributed by atoms with Crippen LogP contribution in [0.1, 0.15) is 64.5 Å². The number of alkyl carbamates (subject to hydrolysis) is 1. The van der Waals surface area contributed by atoms with Gasteiger partial charge in [-0.3, -0.25) is 4.79 Å². The molecule has 0 saturated heterocycles. The number of halogens is 1. The Morgan fingerprint density at radius 1 is 0.955 bits per heavy atom. The molecule has 0 unspecified atom stereocenters. The summed E-state index contributed by atoms with van der Waals surface area (Å²) in [6.07, 6.45) is 1.49. The lowest BCUT2D eigenvalue weighted by atomic mass is 9.96. The first-order chi connectivity index (χ1) is 20.8. The second-order valence-electron chi connectivity index (χ2n) is 11.7. The Kier molecular flexibility index (Phi) is 15.6. The summed E-state index contributed by atoms with van der Waals surface area (Å²) in [5, 5.41) is 25.8. The summed E-state index contributed by atoms with van der Waals surface area (Å²) < 4.78 is 33.5. The SMILES string of the molecule is COC(=O)N[C@@H](Cc1ccccc1Cl)C(=O)N[C@H](CCC[C@@H](CO)N(CCC(C)C)S(=O)(=O)c1ccc(CO)cc1)C(C)C. The number of amides is 2. The Hall–Kier alpha value is -2.70. The monoisotopic (exact) mass is 653 g/mol. The molecule has 44 heavy (non-hydrogen) atoms. The van der Waals surface area contributed by atoms with Gasteiger partial charge in [-0.1, -0.05) is 69.6 Å². The van der Waals surface area contributed by atoms with Crippen molar-refractivity contribution in [1.82, 2.24) is 14.9 Å². The molecular formula is C32H48ClN3O7S. The van der Waals surface area contributed by atoms with E-state index in [-0.39, 0.29) is 54.9 Å². The van der Waals surface area contributed by atoms with Crippen molar-refractivity contribution in [3.05, 3.63) is 64.7 Å². The molecule has 0 spiro atoms. The number of hydrogen-bond acceptors (Lipinski definition) is 7. The number of benzene rings is 2. The van der Waals surface area contributed by atoms with Crippen LogP contribution >= 0.6 is 11.6 Å². The molecule has 0 saturated carbocycles. The van der Waals surface area contributed by atoms with Gasteiger partial charge in [0, 0.05) is 30.1 Å². The summed E-state index contributed by atoms with van der Waals surface area (Å²) in [5.41, 5.74) is 1.31. The van der Waals surface area contributed by atoms with Crippen molar-refractivity contribution >= 4 is 33.6 Å².